The number of ether oxygens (including phenoxy) is 1. The Morgan fingerprint density at radius 2 is 1.93 bits per heavy atom. The molecule has 1 heterocycles. The Bertz CT molecular complexity index is 881. The average Bonchev–Trinajstić information content (AvgIpc) is 2.62. The van der Waals surface area contributed by atoms with Gasteiger partial charge in [0.25, 0.3) is 5.91 Å². The molecule has 3 rings (SSSR count). The van der Waals surface area contributed by atoms with Gasteiger partial charge >= 0.3 is 5.97 Å². The molecular weight excluding hydrogens is 340 g/mol. The number of para-hydroxylation sites is 1. The van der Waals surface area contributed by atoms with E-state index in [1.807, 2.05) is 24.3 Å². The number of benzene rings is 1. The quantitative estimate of drug-likeness (QED) is 0.776. The van der Waals surface area contributed by atoms with Crippen LogP contribution >= 0.6 is 0 Å². The van der Waals surface area contributed by atoms with Crippen LogP contribution in [-0.4, -0.2) is 42.5 Å². The fraction of sp³-hybridized carbons (Fsp3) is 0.500. The Balaban J connectivity index is 2.04. The summed E-state index contributed by atoms with van der Waals surface area (Å²) in [6.45, 7) is 6.47. The van der Waals surface area contributed by atoms with Crippen LogP contribution < -0.4 is 0 Å². The molecule has 1 aliphatic rings. The lowest BCUT2D eigenvalue weighted by atomic mass is 9.70. The van der Waals surface area contributed by atoms with Gasteiger partial charge in [-0.25, -0.2) is 4.79 Å². The van der Waals surface area contributed by atoms with Gasteiger partial charge in [0.15, 0.2) is 6.61 Å². The Hall–Kier alpha value is -2.43. The highest BCUT2D eigenvalue weighted by atomic mass is 16.5. The normalized spacial score (nSPS) is 16.7. The summed E-state index contributed by atoms with van der Waals surface area (Å²) >= 11 is 0. The van der Waals surface area contributed by atoms with Crippen molar-refractivity contribution >= 4 is 22.8 Å². The second-order valence-electron chi connectivity index (χ2n) is 8.60. The Morgan fingerprint density at radius 3 is 2.59 bits per heavy atom. The number of carbonyl (C=O) groups excluding carboxylic acids is 2. The minimum atomic E-state index is -0.436. The summed E-state index contributed by atoms with van der Waals surface area (Å²) in [5, 5.41) is 0.799. The molecule has 0 bridgehead atoms. The number of rotatable bonds is 3. The molecular formula is C22H28N2O3. The third-order valence-electron chi connectivity index (χ3n) is 5.51. The number of pyridine rings is 1. The first-order chi connectivity index (χ1) is 12.7. The van der Waals surface area contributed by atoms with Crippen molar-refractivity contribution in [3.63, 3.8) is 0 Å². The van der Waals surface area contributed by atoms with Crippen molar-refractivity contribution in [1.82, 2.24) is 9.88 Å². The van der Waals surface area contributed by atoms with Crippen LogP contribution in [0.1, 0.15) is 48.8 Å². The molecule has 1 aromatic carbocycles. The lowest BCUT2D eigenvalue weighted by molar-refractivity contribution is -0.131. The van der Waals surface area contributed by atoms with Gasteiger partial charge in [-0.1, -0.05) is 39.0 Å². The van der Waals surface area contributed by atoms with E-state index in [4.69, 9.17) is 9.72 Å². The van der Waals surface area contributed by atoms with Crippen LogP contribution in [0, 0.1) is 11.3 Å². The van der Waals surface area contributed by atoms with E-state index in [1.165, 1.54) is 4.90 Å². The smallest absolute Gasteiger partial charge is 0.339 e. The fourth-order valence-electron chi connectivity index (χ4n) is 3.69. The zero-order chi connectivity index (χ0) is 19.8. The molecule has 0 N–H and O–H groups in total. The SMILES string of the molecule is CN(C)C(=O)COC(=O)c1c2c(nc3ccccc13)CC[C@@H](C(C)(C)C)C2. The average molecular weight is 368 g/mol. The van der Waals surface area contributed by atoms with E-state index in [0.29, 0.717) is 11.5 Å². The molecule has 5 heteroatoms. The van der Waals surface area contributed by atoms with Crippen LogP contribution in [0.5, 0.6) is 0 Å². The highest BCUT2D eigenvalue weighted by molar-refractivity contribution is 6.05. The number of fused-ring (bicyclic) bond motifs is 2. The van der Waals surface area contributed by atoms with Crippen molar-refractivity contribution in [2.75, 3.05) is 20.7 Å². The van der Waals surface area contributed by atoms with Crippen molar-refractivity contribution in [3.05, 3.63) is 41.1 Å². The van der Waals surface area contributed by atoms with Gasteiger partial charge in [0.05, 0.1) is 11.1 Å². The number of hydrogen-bond donors (Lipinski definition) is 0. The number of aryl methyl sites for hydroxylation is 1. The molecule has 5 nitrogen and oxygen atoms in total. The minimum Gasteiger partial charge on any atom is -0.452 e. The molecule has 0 aliphatic heterocycles. The zero-order valence-corrected chi connectivity index (χ0v) is 16.8. The van der Waals surface area contributed by atoms with E-state index in [2.05, 4.69) is 20.8 Å². The largest absolute Gasteiger partial charge is 0.452 e. The van der Waals surface area contributed by atoms with Gasteiger partial charge in [-0.05, 0) is 42.2 Å². The Morgan fingerprint density at radius 1 is 1.22 bits per heavy atom. The predicted molar refractivity (Wildman–Crippen MR) is 106 cm³/mol. The third-order valence-corrected chi connectivity index (χ3v) is 5.51. The summed E-state index contributed by atoms with van der Waals surface area (Å²) in [7, 11) is 3.29. The summed E-state index contributed by atoms with van der Waals surface area (Å²) in [6.07, 6.45) is 2.73. The molecule has 144 valence electrons. The number of amides is 1. The van der Waals surface area contributed by atoms with Crippen molar-refractivity contribution in [3.8, 4) is 0 Å². The monoisotopic (exact) mass is 368 g/mol. The van der Waals surface area contributed by atoms with Crippen molar-refractivity contribution in [2.24, 2.45) is 11.3 Å². The Labute approximate surface area is 160 Å². The zero-order valence-electron chi connectivity index (χ0n) is 16.8. The number of aromatic nitrogens is 1. The molecule has 0 unspecified atom stereocenters. The first-order valence-corrected chi connectivity index (χ1v) is 9.46. The highest BCUT2D eigenvalue weighted by Gasteiger charge is 2.33. The molecule has 0 saturated heterocycles. The summed E-state index contributed by atoms with van der Waals surface area (Å²) in [5.41, 5.74) is 3.51. The Kier molecular flexibility index (Phi) is 5.22. The summed E-state index contributed by atoms with van der Waals surface area (Å²) in [4.78, 5) is 31.1. The number of likely N-dealkylation sites (N-methyl/N-ethyl adjacent to an activating group) is 1. The fourth-order valence-corrected chi connectivity index (χ4v) is 3.69. The molecule has 0 radical (unpaired) electrons. The van der Waals surface area contributed by atoms with E-state index >= 15 is 0 Å². The van der Waals surface area contributed by atoms with E-state index in [-0.39, 0.29) is 17.9 Å². The van der Waals surface area contributed by atoms with Crippen LogP contribution in [0.2, 0.25) is 0 Å². The topological polar surface area (TPSA) is 59.5 Å². The lowest BCUT2D eigenvalue weighted by Crippen LogP contribution is -2.30. The molecule has 1 aliphatic carbocycles. The van der Waals surface area contributed by atoms with Crippen LogP contribution in [0.3, 0.4) is 0 Å². The summed E-state index contributed by atoms with van der Waals surface area (Å²) in [5.74, 6) is -0.194. The third kappa shape index (κ3) is 3.97. The predicted octanol–water partition coefficient (Wildman–Crippen LogP) is 3.63. The second kappa shape index (κ2) is 7.29. The molecule has 0 fully saturated rings. The maximum atomic E-state index is 13.0. The molecule has 1 atom stereocenters. The van der Waals surface area contributed by atoms with Crippen molar-refractivity contribution in [2.45, 2.75) is 40.0 Å². The number of esters is 1. The molecule has 0 saturated carbocycles. The van der Waals surface area contributed by atoms with Crippen molar-refractivity contribution < 1.29 is 14.3 Å². The van der Waals surface area contributed by atoms with E-state index in [1.54, 1.807) is 14.1 Å². The van der Waals surface area contributed by atoms with Gasteiger partial charge in [-0.2, -0.15) is 0 Å². The van der Waals surface area contributed by atoms with Gasteiger partial charge in [0.2, 0.25) is 0 Å². The highest BCUT2D eigenvalue weighted by Crippen LogP contribution is 2.39. The maximum Gasteiger partial charge on any atom is 0.339 e. The molecule has 2 aromatic rings. The van der Waals surface area contributed by atoms with Gasteiger partial charge in [0, 0.05) is 25.2 Å². The number of hydrogen-bond acceptors (Lipinski definition) is 4. The van der Waals surface area contributed by atoms with Crippen LogP contribution in [-0.2, 0) is 22.4 Å². The summed E-state index contributed by atoms with van der Waals surface area (Å²) in [6, 6.07) is 7.66. The minimum absolute atomic E-state index is 0.158. The van der Waals surface area contributed by atoms with Crippen LogP contribution in [0.25, 0.3) is 10.9 Å². The lowest BCUT2D eigenvalue weighted by Gasteiger charge is -2.35. The molecule has 27 heavy (non-hydrogen) atoms. The first kappa shape index (κ1) is 19.3. The number of nitrogens with zero attached hydrogens (tertiary/aromatic N) is 2. The van der Waals surface area contributed by atoms with E-state index in [0.717, 1.165) is 41.4 Å². The van der Waals surface area contributed by atoms with Gasteiger partial charge in [-0.3, -0.25) is 9.78 Å². The first-order valence-electron chi connectivity index (χ1n) is 9.46. The van der Waals surface area contributed by atoms with Crippen molar-refractivity contribution in [1.29, 1.82) is 0 Å². The number of carbonyl (C=O) groups is 2. The second-order valence-corrected chi connectivity index (χ2v) is 8.60. The van der Waals surface area contributed by atoms with Crippen LogP contribution in [0.4, 0.5) is 0 Å². The van der Waals surface area contributed by atoms with Gasteiger partial charge < -0.3 is 9.64 Å². The van der Waals surface area contributed by atoms with Gasteiger partial charge in [-0.15, -0.1) is 0 Å². The molecule has 1 amide bonds. The van der Waals surface area contributed by atoms with E-state index < -0.39 is 5.97 Å². The van der Waals surface area contributed by atoms with Crippen LogP contribution in [0.15, 0.2) is 24.3 Å². The molecule has 1 aromatic heterocycles. The maximum absolute atomic E-state index is 13.0. The molecule has 0 spiro atoms. The van der Waals surface area contributed by atoms with E-state index in [9.17, 15) is 9.59 Å². The standard InChI is InChI=1S/C22H28N2O3/c1-22(2,3)14-10-11-18-16(12-14)20(15-8-6-7-9-17(15)23-18)21(26)27-13-19(25)24(4)5/h6-9,14H,10-13H2,1-5H3/t14-/m1/s1. The van der Waals surface area contributed by atoms with Gasteiger partial charge in [0.1, 0.15) is 0 Å². The summed E-state index contributed by atoms with van der Waals surface area (Å²) < 4.78 is 5.39.